The Morgan fingerprint density at radius 2 is 2.16 bits per heavy atom. The average molecular weight is 333 g/mol. The van der Waals surface area contributed by atoms with E-state index >= 15 is 0 Å². The summed E-state index contributed by atoms with van der Waals surface area (Å²) < 4.78 is 4.75. The second-order valence-electron chi connectivity index (χ2n) is 4.77. The lowest BCUT2D eigenvalue weighted by atomic mass is 10.0. The summed E-state index contributed by atoms with van der Waals surface area (Å²) in [4.78, 5) is 36.4. The van der Waals surface area contributed by atoms with Crippen molar-refractivity contribution in [3.63, 3.8) is 0 Å². The summed E-state index contributed by atoms with van der Waals surface area (Å²) in [6.45, 7) is 0.493. The number of amides is 2. The van der Waals surface area contributed by atoms with Gasteiger partial charge in [-0.3, -0.25) is 14.6 Å². The number of halogens is 1. The van der Waals surface area contributed by atoms with E-state index in [1.54, 1.807) is 0 Å². The monoisotopic (exact) mass is 332 g/mol. The summed E-state index contributed by atoms with van der Waals surface area (Å²) in [6.07, 6.45) is 2.10. The minimum absolute atomic E-state index is 0.0922. The first kappa shape index (κ1) is 14.3. The number of rotatable bonds is 2. The van der Waals surface area contributed by atoms with Gasteiger partial charge in [0.25, 0.3) is 0 Å². The van der Waals surface area contributed by atoms with Gasteiger partial charge < -0.3 is 4.74 Å². The Kier molecular flexibility index (Phi) is 4.44. The zero-order valence-corrected chi connectivity index (χ0v) is 12.4. The summed E-state index contributed by atoms with van der Waals surface area (Å²) in [6, 6.07) is -0.671. The Hall–Kier alpha value is -1.11. The number of alkyl halides is 1. The quantitative estimate of drug-likeness (QED) is 0.551. The summed E-state index contributed by atoms with van der Waals surface area (Å²) in [7, 11) is 1.30. The van der Waals surface area contributed by atoms with Crippen LogP contribution >= 0.6 is 15.9 Å². The number of ether oxygens (including phenoxy) is 1. The predicted octanol–water partition coefficient (Wildman–Crippen LogP) is 0.699. The van der Waals surface area contributed by atoms with E-state index in [0.717, 1.165) is 0 Å². The summed E-state index contributed by atoms with van der Waals surface area (Å²) in [5.41, 5.74) is 0. The molecule has 0 aromatic rings. The van der Waals surface area contributed by atoms with E-state index in [1.807, 2.05) is 0 Å². The number of nitrogens with zero attached hydrogens (tertiary/aromatic N) is 2. The molecule has 7 heteroatoms. The molecule has 2 atom stereocenters. The molecule has 0 radical (unpaired) electrons. The van der Waals surface area contributed by atoms with Crippen molar-refractivity contribution in [1.82, 2.24) is 10.0 Å². The number of fused-ring (bicyclic) bond motifs is 1. The number of hydrogen-bond acceptors (Lipinski definition) is 4. The maximum atomic E-state index is 12.5. The molecular weight excluding hydrogens is 316 g/mol. The van der Waals surface area contributed by atoms with Crippen LogP contribution in [0.5, 0.6) is 0 Å². The van der Waals surface area contributed by atoms with Gasteiger partial charge in [0.15, 0.2) is 6.04 Å². The van der Waals surface area contributed by atoms with Crippen LogP contribution in [0.15, 0.2) is 0 Å². The molecule has 2 saturated heterocycles. The van der Waals surface area contributed by atoms with Crippen LogP contribution in [0.4, 0.5) is 0 Å². The Morgan fingerprint density at radius 3 is 2.79 bits per heavy atom. The minimum atomic E-state index is -0.671. The third-order valence-corrected chi connectivity index (χ3v) is 4.41. The molecule has 0 N–H and O–H groups in total. The van der Waals surface area contributed by atoms with Gasteiger partial charge in [0.2, 0.25) is 11.8 Å². The zero-order chi connectivity index (χ0) is 14.0. The average Bonchev–Trinajstić information content (AvgIpc) is 2.56. The molecule has 2 rings (SSSR count). The van der Waals surface area contributed by atoms with Crippen LogP contribution in [-0.2, 0) is 19.1 Å². The van der Waals surface area contributed by atoms with E-state index < -0.39 is 12.0 Å². The molecule has 0 bridgehead atoms. The van der Waals surface area contributed by atoms with Crippen LogP contribution in [0, 0.1) is 5.92 Å². The lowest BCUT2D eigenvalue weighted by Gasteiger charge is -2.42. The van der Waals surface area contributed by atoms with Crippen molar-refractivity contribution in [2.75, 3.05) is 19.0 Å². The second-order valence-corrected chi connectivity index (χ2v) is 5.42. The highest BCUT2D eigenvalue weighted by Gasteiger charge is 2.44. The van der Waals surface area contributed by atoms with Gasteiger partial charge >= 0.3 is 5.97 Å². The van der Waals surface area contributed by atoms with Crippen molar-refractivity contribution in [1.29, 1.82) is 0 Å². The molecule has 0 aromatic carbocycles. The lowest BCUT2D eigenvalue weighted by Crippen LogP contribution is -2.60. The van der Waals surface area contributed by atoms with E-state index in [1.165, 1.54) is 17.1 Å². The summed E-state index contributed by atoms with van der Waals surface area (Å²) >= 11 is 3.30. The number of carbonyl (C=O) groups excluding carboxylic acids is 3. The fourth-order valence-corrected chi connectivity index (χ4v) is 3.18. The third-order valence-electron chi connectivity index (χ3n) is 3.63. The molecule has 0 unspecified atom stereocenters. The van der Waals surface area contributed by atoms with Gasteiger partial charge in [-0.15, -0.1) is 0 Å². The molecular formula is C12H17BrN2O4. The third kappa shape index (κ3) is 2.61. The number of esters is 1. The van der Waals surface area contributed by atoms with Gasteiger partial charge in [-0.1, -0.05) is 15.9 Å². The van der Waals surface area contributed by atoms with E-state index in [-0.39, 0.29) is 17.7 Å². The van der Waals surface area contributed by atoms with Crippen molar-refractivity contribution < 1.29 is 19.1 Å². The smallest absolute Gasteiger partial charge is 0.330 e. The highest BCUT2D eigenvalue weighted by Crippen LogP contribution is 2.28. The van der Waals surface area contributed by atoms with Crippen LogP contribution in [-0.4, -0.2) is 52.8 Å². The molecule has 0 aromatic heterocycles. The van der Waals surface area contributed by atoms with Crippen LogP contribution in [0.3, 0.4) is 0 Å². The highest BCUT2D eigenvalue weighted by atomic mass is 79.9. The van der Waals surface area contributed by atoms with Gasteiger partial charge in [0.1, 0.15) is 0 Å². The van der Waals surface area contributed by atoms with E-state index in [4.69, 9.17) is 4.74 Å². The molecule has 0 saturated carbocycles. The van der Waals surface area contributed by atoms with E-state index in [9.17, 15) is 14.4 Å². The van der Waals surface area contributed by atoms with Gasteiger partial charge in [0.05, 0.1) is 13.0 Å². The molecule has 2 aliphatic heterocycles. The molecule has 0 aliphatic carbocycles. The molecule has 2 amide bonds. The molecule has 2 heterocycles. The Labute approximate surface area is 120 Å². The Bertz CT molecular complexity index is 401. The summed E-state index contributed by atoms with van der Waals surface area (Å²) in [5.74, 6) is -0.983. The topological polar surface area (TPSA) is 66.9 Å². The Balaban J connectivity index is 2.33. The molecule has 2 aliphatic rings. The van der Waals surface area contributed by atoms with Crippen molar-refractivity contribution in [3.8, 4) is 0 Å². The first-order valence-corrected chi connectivity index (χ1v) is 7.49. The van der Waals surface area contributed by atoms with Gasteiger partial charge in [-0.2, -0.15) is 0 Å². The van der Waals surface area contributed by atoms with Crippen molar-refractivity contribution in [2.24, 2.45) is 5.92 Å². The van der Waals surface area contributed by atoms with Crippen molar-refractivity contribution >= 4 is 33.7 Å². The van der Waals surface area contributed by atoms with Crippen LogP contribution in [0.1, 0.15) is 25.7 Å². The van der Waals surface area contributed by atoms with Crippen LogP contribution in [0.25, 0.3) is 0 Å². The Morgan fingerprint density at radius 1 is 1.42 bits per heavy atom. The molecule has 0 spiro atoms. The van der Waals surface area contributed by atoms with Crippen molar-refractivity contribution in [2.45, 2.75) is 31.7 Å². The first-order chi connectivity index (χ1) is 9.10. The van der Waals surface area contributed by atoms with Gasteiger partial charge in [-0.25, -0.2) is 9.80 Å². The molecule has 6 nitrogen and oxygen atoms in total. The summed E-state index contributed by atoms with van der Waals surface area (Å²) in [5, 5.41) is 3.25. The van der Waals surface area contributed by atoms with Crippen LogP contribution < -0.4 is 0 Å². The van der Waals surface area contributed by atoms with Crippen LogP contribution in [0.2, 0.25) is 0 Å². The maximum absolute atomic E-state index is 12.5. The number of methoxy groups -OCH3 is 1. The van der Waals surface area contributed by atoms with Gasteiger partial charge in [0, 0.05) is 18.3 Å². The fraction of sp³-hybridized carbons (Fsp3) is 0.750. The highest BCUT2D eigenvalue weighted by molar-refractivity contribution is 9.09. The maximum Gasteiger partial charge on any atom is 0.330 e. The number of hydrazine groups is 1. The fourth-order valence-electron chi connectivity index (χ4n) is 2.58. The van der Waals surface area contributed by atoms with Gasteiger partial charge in [-0.05, 0) is 19.3 Å². The normalized spacial score (nSPS) is 27.9. The second kappa shape index (κ2) is 5.90. The number of hydrogen-bond donors (Lipinski definition) is 0. The zero-order valence-electron chi connectivity index (χ0n) is 10.8. The number of carbonyl (C=O) groups is 3. The molecule has 106 valence electrons. The van der Waals surface area contributed by atoms with Crippen molar-refractivity contribution in [3.05, 3.63) is 0 Å². The SMILES string of the molecule is COC(=O)[C@@H]1CCCN2C(=O)CC[C@H](CBr)C(=O)N12. The van der Waals surface area contributed by atoms with E-state index in [2.05, 4.69) is 15.9 Å². The lowest BCUT2D eigenvalue weighted by molar-refractivity contribution is -0.182. The molecule has 19 heavy (non-hydrogen) atoms. The molecule has 2 fully saturated rings. The minimum Gasteiger partial charge on any atom is -0.467 e. The first-order valence-electron chi connectivity index (χ1n) is 6.37. The van der Waals surface area contributed by atoms with E-state index in [0.29, 0.717) is 37.6 Å². The predicted molar refractivity (Wildman–Crippen MR) is 70.1 cm³/mol. The standard InChI is InChI=1S/C12H17BrN2O4/c1-19-12(18)9-3-2-6-14-10(16)5-4-8(7-13)11(17)15(9)14/h8-9H,2-7H2,1H3/t8-,9+/m1/s1. The largest absolute Gasteiger partial charge is 0.467 e.